The first-order valence-electron chi connectivity index (χ1n) is 6.57. The lowest BCUT2D eigenvalue weighted by Crippen LogP contribution is -2.44. The number of carboxylic acids is 2. The van der Waals surface area contributed by atoms with E-state index in [1.807, 2.05) is 0 Å². The van der Waals surface area contributed by atoms with Gasteiger partial charge in [0, 0.05) is 6.04 Å². The number of hydrogen-bond donors (Lipinski definition) is 2. The summed E-state index contributed by atoms with van der Waals surface area (Å²) in [5, 5.41) is 17.7. The van der Waals surface area contributed by atoms with Gasteiger partial charge in [0.15, 0.2) is 0 Å². The van der Waals surface area contributed by atoms with Gasteiger partial charge in [0.1, 0.15) is 0 Å². The Morgan fingerprint density at radius 1 is 1.06 bits per heavy atom. The van der Waals surface area contributed by atoms with E-state index in [0.29, 0.717) is 11.8 Å². The van der Waals surface area contributed by atoms with Gasteiger partial charge in [0.05, 0.1) is 13.1 Å². The molecule has 2 N–H and O–H groups in total. The Morgan fingerprint density at radius 2 is 1.50 bits per heavy atom. The molecule has 5 nitrogen and oxygen atoms in total. The van der Waals surface area contributed by atoms with Gasteiger partial charge >= 0.3 is 11.9 Å². The zero-order valence-corrected chi connectivity index (χ0v) is 11.1. The van der Waals surface area contributed by atoms with E-state index in [-0.39, 0.29) is 19.1 Å². The lowest BCUT2D eigenvalue weighted by Gasteiger charge is -2.36. The van der Waals surface area contributed by atoms with Crippen molar-refractivity contribution in [3.63, 3.8) is 0 Å². The molecule has 0 aromatic rings. The van der Waals surface area contributed by atoms with Crippen LogP contribution in [0, 0.1) is 11.8 Å². The minimum absolute atomic E-state index is 0.104. The summed E-state index contributed by atoms with van der Waals surface area (Å²) in [6, 6.07) is 0.104. The fourth-order valence-electron chi connectivity index (χ4n) is 2.79. The van der Waals surface area contributed by atoms with Crippen molar-refractivity contribution in [2.45, 2.75) is 45.6 Å². The van der Waals surface area contributed by atoms with E-state index in [2.05, 4.69) is 13.8 Å². The van der Waals surface area contributed by atoms with Crippen LogP contribution in [-0.2, 0) is 9.59 Å². The molecule has 1 aliphatic rings. The molecule has 0 heterocycles. The first-order valence-corrected chi connectivity index (χ1v) is 6.57. The van der Waals surface area contributed by atoms with Crippen LogP contribution in [0.3, 0.4) is 0 Å². The smallest absolute Gasteiger partial charge is 0.317 e. The van der Waals surface area contributed by atoms with E-state index in [9.17, 15) is 9.59 Å². The Bertz CT molecular complexity index is 279. The maximum absolute atomic E-state index is 10.8. The van der Waals surface area contributed by atoms with Crippen molar-refractivity contribution in [1.82, 2.24) is 4.90 Å². The second kappa shape index (κ2) is 6.73. The molecule has 18 heavy (non-hydrogen) atoms. The van der Waals surface area contributed by atoms with E-state index in [4.69, 9.17) is 10.2 Å². The van der Waals surface area contributed by atoms with Crippen LogP contribution in [0.1, 0.15) is 39.5 Å². The minimum Gasteiger partial charge on any atom is -0.480 e. The van der Waals surface area contributed by atoms with Crippen LogP contribution in [0.25, 0.3) is 0 Å². The lowest BCUT2D eigenvalue weighted by atomic mass is 9.79. The normalized spacial score (nSPS) is 24.4. The molecule has 1 fully saturated rings. The van der Waals surface area contributed by atoms with Gasteiger partial charge < -0.3 is 10.2 Å². The topological polar surface area (TPSA) is 77.8 Å². The van der Waals surface area contributed by atoms with Gasteiger partial charge in [-0.15, -0.1) is 0 Å². The van der Waals surface area contributed by atoms with Crippen molar-refractivity contribution in [2.75, 3.05) is 13.1 Å². The van der Waals surface area contributed by atoms with Crippen LogP contribution >= 0.6 is 0 Å². The van der Waals surface area contributed by atoms with Gasteiger partial charge in [-0.05, 0) is 37.5 Å². The van der Waals surface area contributed by atoms with E-state index in [1.165, 1.54) is 0 Å². The number of carboxylic acid groups (broad SMARTS) is 2. The molecule has 0 saturated heterocycles. The summed E-state index contributed by atoms with van der Waals surface area (Å²) < 4.78 is 0. The highest BCUT2D eigenvalue weighted by molar-refractivity contribution is 5.72. The highest BCUT2D eigenvalue weighted by atomic mass is 16.4. The van der Waals surface area contributed by atoms with Crippen molar-refractivity contribution in [1.29, 1.82) is 0 Å². The van der Waals surface area contributed by atoms with Gasteiger partial charge in [-0.25, -0.2) is 0 Å². The number of aliphatic carboxylic acids is 2. The fourth-order valence-corrected chi connectivity index (χ4v) is 2.79. The summed E-state index contributed by atoms with van der Waals surface area (Å²) in [6.07, 6.45) is 3.95. The SMILES string of the molecule is CC(C)C1CCC(N(CC(=O)O)CC(=O)O)CC1. The Labute approximate surface area is 108 Å². The maximum Gasteiger partial charge on any atom is 0.317 e. The molecule has 0 spiro atoms. The zero-order valence-electron chi connectivity index (χ0n) is 11.1. The van der Waals surface area contributed by atoms with Crippen LogP contribution in [0.5, 0.6) is 0 Å². The average molecular weight is 257 g/mol. The molecule has 0 aromatic carbocycles. The van der Waals surface area contributed by atoms with Crippen LogP contribution in [0.2, 0.25) is 0 Å². The van der Waals surface area contributed by atoms with Crippen molar-refractivity contribution in [2.24, 2.45) is 11.8 Å². The summed E-state index contributed by atoms with van der Waals surface area (Å²) in [4.78, 5) is 23.1. The summed E-state index contributed by atoms with van der Waals surface area (Å²) in [6.45, 7) is 4.06. The van der Waals surface area contributed by atoms with Gasteiger partial charge in [-0.3, -0.25) is 14.5 Å². The highest BCUT2D eigenvalue weighted by Gasteiger charge is 2.29. The second-order valence-electron chi connectivity index (χ2n) is 5.51. The number of nitrogens with zero attached hydrogens (tertiary/aromatic N) is 1. The average Bonchev–Trinajstić information content (AvgIpc) is 2.27. The molecule has 0 aromatic heterocycles. The molecule has 0 unspecified atom stereocenters. The second-order valence-corrected chi connectivity index (χ2v) is 5.51. The van der Waals surface area contributed by atoms with Gasteiger partial charge in [0.2, 0.25) is 0 Å². The molecule has 5 heteroatoms. The molecule has 0 amide bonds. The molecule has 0 aliphatic heterocycles. The Morgan fingerprint density at radius 3 is 1.83 bits per heavy atom. The quantitative estimate of drug-likeness (QED) is 0.757. The van der Waals surface area contributed by atoms with E-state index in [0.717, 1.165) is 25.7 Å². The zero-order chi connectivity index (χ0) is 13.7. The maximum atomic E-state index is 10.8. The summed E-state index contributed by atoms with van der Waals surface area (Å²) in [5.74, 6) is -0.569. The third-order valence-electron chi connectivity index (χ3n) is 3.88. The van der Waals surface area contributed by atoms with Gasteiger partial charge in [-0.1, -0.05) is 13.8 Å². The molecular formula is C13H23NO4. The first-order chi connectivity index (χ1) is 8.40. The molecular weight excluding hydrogens is 234 g/mol. The predicted octanol–water partition coefficient (Wildman–Crippen LogP) is 1.67. The molecule has 104 valence electrons. The van der Waals surface area contributed by atoms with Crippen molar-refractivity contribution in [3.05, 3.63) is 0 Å². The third-order valence-corrected chi connectivity index (χ3v) is 3.88. The third kappa shape index (κ3) is 4.64. The molecule has 1 saturated carbocycles. The summed E-state index contributed by atoms with van der Waals surface area (Å²) in [7, 11) is 0. The number of rotatable bonds is 6. The molecule has 0 radical (unpaired) electrons. The van der Waals surface area contributed by atoms with Crippen LogP contribution in [0.15, 0.2) is 0 Å². The highest BCUT2D eigenvalue weighted by Crippen LogP contribution is 2.32. The van der Waals surface area contributed by atoms with Crippen molar-refractivity contribution >= 4 is 11.9 Å². The van der Waals surface area contributed by atoms with E-state index in [1.54, 1.807) is 4.90 Å². The van der Waals surface area contributed by atoms with Crippen molar-refractivity contribution in [3.8, 4) is 0 Å². The largest absolute Gasteiger partial charge is 0.480 e. The van der Waals surface area contributed by atoms with Crippen LogP contribution in [-0.4, -0.2) is 46.2 Å². The van der Waals surface area contributed by atoms with Gasteiger partial charge in [-0.2, -0.15) is 0 Å². The lowest BCUT2D eigenvalue weighted by molar-refractivity contribution is -0.143. The Balaban J connectivity index is 2.54. The summed E-state index contributed by atoms with van der Waals surface area (Å²) >= 11 is 0. The summed E-state index contributed by atoms with van der Waals surface area (Å²) in [5.41, 5.74) is 0. The number of hydrogen-bond acceptors (Lipinski definition) is 3. The standard InChI is InChI=1S/C13H23NO4/c1-9(2)10-3-5-11(6-4-10)14(7-12(15)16)8-13(17)18/h9-11H,3-8H2,1-2H3,(H,15,16)(H,17,18). The number of carbonyl (C=O) groups is 2. The molecule has 1 rings (SSSR count). The minimum atomic E-state index is -0.956. The molecule has 1 aliphatic carbocycles. The van der Waals surface area contributed by atoms with E-state index < -0.39 is 11.9 Å². The molecule has 0 atom stereocenters. The van der Waals surface area contributed by atoms with Crippen LogP contribution < -0.4 is 0 Å². The first kappa shape index (κ1) is 15.0. The van der Waals surface area contributed by atoms with E-state index >= 15 is 0 Å². The fraction of sp³-hybridized carbons (Fsp3) is 0.846. The Hall–Kier alpha value is -1.10. The predicted molar refractivity (Wildman–Crippen MR) is 67.4 cm³/mol. The van der Waals surface area contributed by atoms with Crippen LogP contribution in [0.4, 0.5) is 0 Å². The van der Waals surface area contributed by atoms with Gasteiger partial charge in [0.25, 0.3) is 0 Å². The van der Waals surface area contributed by atoms with Crippen molar-refractivity contribution < 1.29 is 19.8 Å². The molecule has 0 bridgehead atoms. The Kier molecular flexibility index (Phi) is 5.59. The monoisotopic (exact) mass is 257 g/mol.